The summed E-state index contributed by atoms with van der Waals surface area (Å²) in [6, 6.07) is 0. The summed E-state index contributed by atoms with van der Waals surface area (Å²) in [5.41, 5.74) is -0.166. The van der Waals surface area contributed by atoms with Gasteiger partial charge in [-0.2, -0.15) is 0 Å². The van der Waals surface area contributed by atoms with E-state index in [1.807, 2.05) is 0 Å². The van der Waals surface area contributed by atoms with Crippen molar-refractivity contribution < 1.29 is 24.2 Å². The van der Waals surface area contributed by atoms with Gasteiger partial charge in [0.25, 0.3) is 0 Å². The monoisotopic (exact) mass is 198 g/mol. The fourth-order valence-electron chi connectivity index (χ4n) is 0.967. The molecule has 0 aromatic heterocycles. The van der Waals surface area contributed by atoms with Gasteiger partial charge in [0.1, 0.15) is 11.3 Å². The third-order valence-corrected chi connectivity index (χ3v) is 1.55. The summed E-state index contributed by atoms with van der Waals surface area (Å²) < 4.78 is 9.14. The second kappa shape index (κ2) is 3.95. The van der Waals surface area contributed by atoms with E-state index in [2.05, 4.69) is 9.47 Å². The van der Waals surface area contributed by atoms with Crippen molar-refractivity contribution in [3.05, 3.63) is 23.2 Å². The largest absolute Gasteiger partial charge is 0.501 e. The first-order chi connectivity index (χ1) is 6.56. The number of hydrogen-bond donors (Lipinski definition) is 1. The number of hydrogen-bond acceptors (Lipinski definition) is 5. The van der Waals surface area contributed by atoms with Crippen LogP contribution in [-0.4, -0.2) is 23.7 Å². The minimum Gasteiger partial charge on any atom is -0.501 e. The lowest BCUT2D eigenvalue weighted by atomic mass is 10.2. The van der Waals surface area contributed by atoms with Gasteiger partial charge in [-0.05, 0) is 19.9 Å². The molecule has 1 N–H and O–H groups in total. The van der Waals surface area contributed by atoms with E-state index in [0.717, 1.165) is 0 Å². The highest BCUT2D eigenvalue weighted by Gasteiger charge is 2.26. The number of rotatable bonds is 2. The Labute approximate surface area is 80.6 Å². The molecule has 0 aliphatic carbocycles. The molecule has 0 radical (unpaired) electrons. The Hall–Kier alpha value is -1.78. The molecule has 0 aromatic rings. The smallest absolute Gasteiger partial charge is 0.374 e. The van der Waals surface area contributed by atoms with Crippen molar-refractivity contribution >= 4 is 11.9 Å². The molecule has 1 aliphatic heterocycles. The highest BCUT2D eigenvalue weighted by atomic mass is 16.6. The van der Waals surface area contributed by atoms with Gasteiger partial charge in [-0.3, -0.25) is 0 Å². The van der Waals surface area contributed by atoms with Crippen LogP contribution in [0.15, 0.2) is 23.2 Å². The first kappa shape index (κ1) is 10.3. The van der Waals surface area contributed by atoms with Gasteiger partial charge in [-0.15, -0.1) is 0 Å². The van der Waals surface area contributed by atoms with Gasteiger partial charge in [0.15, 0.2) is 0 Å². The maximum Gasteiger partial charge on any atom is 0.374 e. The van der Waals surface area contributed by atoms with Gasteiger partial charge in [-0.25, -0.2) is 9.59 Å². The number of aliphatic hydroxyl groups excluding tert-OH is 1. The Bertz CT molecular complexity index is 337. The Balaban J connectivity index is 2.93. The van der Waals surface area contributed by atoms with E-state index in [0.29, 0.717) is 5.76 Å². The molecule has 0 saturated carbocycles. The molecule has 0 aromatic carbocycles. The first-order valence-corrected chi connectivity index (χ1v) is 4.07. The highest BCUT2D eigenvalue weighted by molar-refractivity contribution is 6.02. The number of cyclic esters (lactones) is 1. The fraction of sp³-hybridized carbons (Fsp3) is 0.333. The van der Waals surface area contributed by atoms with Crippen LogP contribution in [0.3, 0.4) is 0 Å². The number of ether oxygens (including phenoxy) is 2. The molecule has 0 unspecified atom stereocenters. The Morgan fingerprint density at radius 1 is 1.64 bits per heavy atom. The van der Waals surface area contributed by atoms with Crippen LogP contribution < -0.4 is 0 Å². The topological polar surface area (TPSA) is 72.8 Å². The van der Waals surface area contributed by atoms with Crippen molar-refractivity contribution in [2.45, 2.75) is 13.8 Å². The van der Waals surface area contributed by atoms with E-state index in [1.165, 1.54) is 6.08 Å². The third kappa shape index (κ3) is 1.93. The van der Waals surface area contributed by atoms with Crippen LogP contribution in [-0.2, 0) is 19.1 Å². The van der Waals surface area contributed by atoms with E-state index in [9.17, 15) is 14.7 Å². The van der Waals surface area contributed by atoms with Gasteiger partial charge in [0.2, 0.25) is 5.76 Å². The van der Waals surface area contributed by atoms with Crippen molar-refractivity contribution in [3.8, 4) is 0 Å². The lowest BCUT2D eigenvalue weighted by molar-refractivity contribution is -0.142. The van der Waals surface area contributed by atoms with Crippen molar-refractivity contribution in [1.82, 2.24) is 0 Å². The molecule has 76 valence electrons. The maximum atomic E-state index is 11.0. The zero-order chi connectivity index (χ0) is 10.7. The van der Waals surface area contributed by atoms with Crippen molar-refractivity contribution in [2.24, 2.45) is 0 Å². The van der Waals surface area contributed by atoms with E-state index in [1.54, 1.807) is 13.8 Å². The Morgan fingerprint density at radius 2 is 2.29 bits per heavy atom. The SMILES string of the molecule is CCOC(=O)C(O)=C1C=C(C)OC1=O. The summed E-state index contributed by atoms with van der Waals surface area (Å²) in [6.45, 7) is 3.28. The zero-order valence-corrected chi connectivity index (χ0v) is 7.86. The van der Waals surface area contributed by atoms with E-state index < -0.39 is 17.7 Å². The lowest BCUT2D eigenvalue weighted by Crippen LogP contribution is -2.12. The maximum absolute atomic E-state index is 11.0. The van der Waals surface area contributed by atoms with Crippen molar-refractivity contribution in [1.29, 1.82) is 0 Å². The minimum absolute atomic E-state index is 0.133. The molecule has 1 aliphatic rings. The Kier molecular flexibility index (Phi) is 2.91. The number of esters is 2. The number of carbonyl (C=O) groups is 2. The predicted octanol–water partition coefficient (Wildman–Crippen LogP) is 0.822. The molecule has 1 rings (SSSR count). The lowest BCUT2D eigenvalue weighted by Gasteiger charge is -2.00. The van der Waals surface area contributed by atoms with E-state index in [4.69, 9.17) is 0 Å². The average Bonchev–Trinajstić information content (AvgIpc) is 2.44. The summed E-state index contributed by atoms with van der Waals surface area (Å²) in [4.78, 5) is 22.1. The molecule has 0 spiro atoms. The number of carbonyl (C=O) groups excluding carboxylic acids is 2. The van der Waals surface area contributed by atoms with Crippen LogP contribution in [0.4, 0.5) is 0 Å². The molecular formula is C9H10O5. The summed E-state index contributed by atoms with van der Waals surface area (Å²) in [6.07, 6.45) is 1.29. The zero-order valence-electron chi connectivity index (χ0n) is 7.86. The summed E-state index contributed by atoms with van der Waals surface area (Å²) in [7, 11) is 0. The third-order valence-electron chi connectivity index (χ3n) is 1.55. The molecule has 0 amide bonds. The molecule has 0 atom stereocenters. The Morgan fingerprint density at radius 3 is 2.71 bits per heavy atom. The summed E-state index contributed by atoms with van der Waals surface area (Å²) in [5, 5.41) is 9.30. The van der Waals surface area contributed by atoms with Crippen LogP contribution in [0.25, 0.3) is 0 Å². The standard InChI is InChI=1S/C9H10O5/c1-3-13-9(12)7(10)6-4-5(2)14-8(6)11/h4,10H,3H2,1-2H3. The van der Waals surface area contributed by atoms with E-state index in [-0.39, 0.29) is 12.2 Å². The van der Waals surface area contributed by atoms with Crippen LogP contribution in [0.5, 0.6) is 0 Å². The fourth-order valence-corrected chi connectivity index (χ4v) is 0.967. The molecular weight excluding hydrogens is 188 g/mol. The molecule has 14 heavy (non-hydrogen) atoms. The van der Waals surface area contributed by atoms with Crippen molar-refractivity contribution in [3.63, 3.8) is 0 Å². The molecule has 5 nitrogen and oxygen atoms in total. The average molecular weight is 198 g/mol. The van der Waals surface area contributed by atoms with Gasteiger partial charge in [0, 0.05) is 0 Å². The second-order valence-electron chi connectivity index (χ2n) is 2.63. The molecule has 5 heteroatoms. The second-order valence-corrected chi connectivity index (χ2v) is 2.63. The summed E-state index contributed by atoms with van der Waals surface area (Å²) in [5.74, 6) is -2.05. The molecule has 1 heterocycles. The van der Waals surface area contributed by atoms with Gasteiger partial charge in [0.05, 0.1) is 6.61 Å². The van der Waals surface area contributed by atoms with Crippen LogP contribution >= 0.6 is 0 Å². The van der Waals surface area contributed by atoms with Crippen LogP contribution in [0, 0.1) is 0 Å². The van der Waals surface area contributed by atoms with E-state index >= 15 is 0 Å². The minimum atomic E-state index is -0.926. The van der Waals surface area contributed by atoms with Crippen LogP contribution in [0.2, 0.25) is 0 Å². The first-order valence-electron chi connectivity index (χ1n) is 4.07. The highest BCUT2D eigenvalue weighted by Crippen LogP contribution is 2.19. The van der Waals surface area contributed by atoms with Gasteiger partial charge < -0.3 is 14.6 Å². The number of aliphatic hydroxyl groups is 1. The molecule has 0 bridgehead atoms. The van der Waals surface area contributed by atoms with Crippen LogP contribution in [0.1, 0.15) is 13.8 Å². The molecule has 0 saturated heterocycles. The normalized spacial score (nSPS) is 18.7. The quantitative estimate of drug-likeness (QED) is 0.404. The molecule has 0 fully saturated rings. The van der Waals surface area contributed by atoms with Crippen molar-refractivity contribution in [2.75, 3.05) is 6.61 Å². The summed E-state index contributed by atoms with van der Waals surface area (Å²) >= 11 is 0. The van der Waals surface area contributed by atoms with Gasteiger partial charge in [-0.1, -0.05) is 0 Å². The number of allylic oxidation sites excluding steroid dienone is 1. The predicted molar refractivity (Wildman–Crippen MR) is 46.1 cm³/mol. The van der Waals surface area contributed by atoms with Gasteiger partial charge >= 0.3 is 11.9 Å².